The topological polar surface area (TPSA) is 54.7 Å². The molecular formula is C19H24BrN5O. The van der Waals surface area contributed by atoms with Crippen LogP contribution in [0.25, 0.3) is 5.52 Å². The van der Waals surface area contributed by atoms with E-state index in [1.165, 1.54) is 5.56 Å². The van der Waals surface area contributed by atoms with Crippen molar-refractivity contribution in [3.8, 4) is 0 Å². The van der Waals surface area contributed by atoms with Crippen molar-refractivity contribution in [3.63, 3.8) is 0 Å². The van der Waals surface area contributed by atoms with Gasteiger partial charge in [0, 0.05) is 32.6 Å². The molecule has 0 radical (unpaired) electrons. The first-order valence-electron chi connectivity index (χ1n) is 8.66. The molecule has 2 aromatic heterocycles. The van der Waals surface area contributed by atoms with E-state index in [0.717, 1.165) is 41.9 Å². The Bertz CT molecular complexity index is 823. The first-order chi connectivity index (χ1) is 12.7. The van der Waals surface area contributed by atoms with E-state index in [4.69, 9.17) is 4.74 Å². The smallest absolute Gasteiger partial charge is 0.153 e. The molecule has 0 amide bonds. The molecule has 0 fully saturated rings. The number of likely N-dealkylation sites (N-methyl/N-ethyl adjacent to an activating group) is 1. The van der Waals surface area contributed by atoms with E-state index in [2.05, 4.69) is 67.5 Å². The van der Waals surface area contributed by atoms with E-state index in [0.29, 0.717) is 0 Å². The van der Waals surface area contributed by atoms with Gasteiger partial charge in [-0.1, -0.05) is 30.3 Å². The Kier molecular flexibility index (Phi) is 6.60. The maximum Gasteiger partial charge on any atom is 0.153 e. The van der Waals surface area contributed by atoms with Crippen LogP contribution in [0.5, 0.6) is 0 Å². The van der Waals surface area contributed by atoms with Crippen molar-refractivity contribution in [1.29, 1.82) is 0 Å². The minimum absolute atomic E-state index is 0.154. The molecule has 1 unspecified atom stereocenters. The number of nitrogens with one attached hydrogen (secondary N) is 1. The Morgan fingerprint density at radius 3 is 2.85 bits per heavy atom. The SMILES string of the molecule is COCCN(C)CCC(Nc1nccn2ncc(Br)c12)c1ccccc1. The maximum atomic E-state index is 5.17. The van der Waals surface area contributed by atoms with Crippen molar-refractivity contribution in [3.05, 3.63) is 59.0 Å². The van der Waals surface area contributed by atoms with Crippen LogP contribution in [-0.2, 0) is 4.74 Å². The van der Waals surface area contributed by atoms with Crippen LogP contribution < -0.4 is 5.32 Å². The number of benzene rings is 1. The van der Waals surface area contributed by atoms with E-state index < -0.39 is 0 Å². The maximum absolute atomic E-state index is 5.17. The Morgan fingerprint density at radius 1 is 1.27 bits per heavy atom. The second kappa shape index (κ2) is 9.12. The normalized spacial score (nSPS) is 12.6. The molecule has 138 valence electrons. The third kappa shape index (κ3) is 4.60. The molecule has 26 heavy (non-hydrogen) atoms. The monoisotopic (exact) mass is 417 g/mol. The molecule has 0 bridgehead atoms. The predicted molar refractivity (Wildman–Crippen MR) is 107 cm³/mol. The van der Waals surface area contributed by atoms with Gasteiger partial charge in [0.1, 0.15) is 5.52 Å². The number of anilines is 1. The van der Waals surface area contributed by atoms with Gasteiger partial charge in [-0.05, 0) is 35.0 Å². The lowest BCUT2D eigenvalue weighted by molar-refractivity contribution is 0.160. The molecule has 1 atom stereocenters. The number of methoxy groups -OCH3 is 1. The summed E-state index contributed by atoms with van der Waals surface area (Å²) in [6.45, 7) is 2.61. The molecule has 1 aromatic carbocycles. The minimum Gasteiger partial charge on any atom is -0.383 e. The van der Waals surface area contributed by atoms with Crippen molar-refractivity contribution in [2.75, 3.05) is 39.2 Å². The van der Waals surface area contributed by atoms with Gasteiger partial charge in [-0.25, -0.2) is 9.50 Å². The van der Waals surface area contributed by atoms with Gasteiger partial charge in [-0.3, -0.25) is 0 Å². The fourth-order valence-corrected chi connectivity index (χ4v) is 3.36. The zero-order valence-corrected chi connectivity index (χ0v) is 16.7. The summed E-state index contributed by atoms with van der Waals surface area (Å²) < 4.78 is 7.92. The number of rotatable bonds is 9. The molecule has 0 aliphatic rings. The summed E-state index contributed by atoms with van der Waals surface area (Å²) in [6, 6.07) is 10.6. The van der Waals surface area contributed by atoms with Crippen LogP contribution in [0.15, 0.2) is 53.4 Å². The van der Waals surface area contributed by atoms with Gasteiger partial charge in [0.15, 0.2) is 5.82 Å². The number of hydrogen-bond donors (Lipinski definition) is 1. The minimum atomic E-state index is 0.154. The molecule has 1 N–H and O–H groups in total. The van der Waals surface area contributed by atoms with Crippen molar-refractivity contribution in [2.24, 2.45) is 0 Å². The molecule has 0 aliphatic carbocycles. The van der Waals surface area contributed by atoms with E-state index >= 15 is 0 Å². The Labute approximate surface area is 162 Å². The van der Waals surface area contributed by atoms with Crippen molar-refractivity contribution in [1.82, 2.24) is 19.5 Å². The zero-order valence-electron chi connectivity index (χ0n) is 15.1. The Hall–Kier alpha value is -1.96. The molecule has 0 aliphatic heterocycles. The fraction of sp³-hybridized carbons (Fsp3) is 0.368. The molecule has 0 saturated heterocycles. The zero-order chi connectivity index (χ0) is 18.4. The van der Waals surface area contributed by atoms with E-state index in [9.17, 15) is 0 Å². The molecule has 7 heteroatoms. The third-order valence-corrected chi connectivity index (χ3v) is 4.96. The molecule has 2 heterocycles. The number of fused-ring (bicyclic) bond motifs is 1. The van der Waals surface area contributed by atoms with Gasteiger partial charge in [-0.2, -0.15) is 5.10 Å². The summed E-state index contributed by atoms with van der Waals surface area (Å²) in [6.07, 6.45) is 6.36. The molecular weight excluding hydrogens is 394 g/mol. The van der Waals surface area contributed by atoms with Gasteiger partial charge >= 0.3 is 0 Å². The number of hydrogen-bond acceptors (Lipinski definition) is 5. The van der Waals surface area contributed by atoms with Gasteiger partial charge in [0.2, 0.25) is 0 Å². The lowest BCUT2D eigenvalue weighted by atomic mass is 10.0. The van der Waals surface area contributed by atoms with Crippen LogP contribution in [-0.4, -0.2) is 53.4 Å². The summed E-state index contributed by atoms with van der Waals surface area (Å²) in [4.78, 5) is 6.83. The molecule has 6 nitrogen and oxygen atoms in total. The first kappa shape index (κ1) is 18.8. The summed E-state index contributed by atoms with van der Waals surface area (Å²) in [5, 5.41) is 7.95. The van der Waals surface area contributed by atoms with Crippen LogP contribution in [0.4, 0.5) is 5.82 Å². The van der Waals surface area contributed by atoms with Gasteiger partial charge in [-0.15, -0.1) is 0 Å². The Morgan fingerprint density at radius 2 is 2.08 bits per heavy atom. The van der Waals surface area contributed by atoms with Gasteiger partial charge < -0.3 is 15.0 Å². The molecule has 0 spiro atoms. The summed E-state index contributed by atoms with van der Waals surface area (Å²) in [5.41, 5.74) is 2.19. The highest BCUT2D eigenvalue weighted by molar-refractivity contribution is 9.10. The second-order valence-electron chi connectivity index (χ2n) is 6.25. The summed E-state index contributed by atoms with van der Waals surface area (Å²) >= 11 is 3.57. The quantitative estimate of drug-likeness (QED) is 0.576. The van der Waals surface area contributed by atoms with Crippen molar-refractivity contribution in [2.45, 2.75) is 12.5 Å². The van der Waals surface area contributed by atoms with E-state index in [-0.39, 0.29) is 6.04 Å². The van der Waals surface area contributed by atoms with Crippen LogP contribution in [0.2, 0.25) is 0 Å². The molecule has 3 rings (SSSR count). The molecule has 3 aromatic rings. The lowest BCUT2D eigenvalue weighted by Crippen LogP contribution is -2.26. The third-order valence-electron chi connectivity index (χ3n) is 4.38. The van der Waals surface area contributed by atoms with Crippen molar-refractivity contribution < 1.29 is 4.74 Å². The highest BCUT2D eigenvalue weighted by atomic mass is 79.9. The lowest BCUT2D eigenvalue weighted by Gasteiger charge is -2.23. The van der Waals surface area contributed by atoms with Gasteiger partial charge in [0.05, 0.1) is 23.3 Å². The van der Waals surface area contributed by atoms with Crippen LogP contribution >= 0.6 is 15.9 Å². The largest absolute Gasteiger partial charge is 0.383 e. The summed E-state index contributed by atoms with van der Waals surface area (Å²) in [7, 11) is 3.85. The van der Waals surface area contributed by atoms with Crippen LogP contribution in [0.1, 0.15) is 18.0 Å². The molecule has 0 saturated carbocycles. The highest BCUT2D eigenvalue weighted by Crippen LogP contribution is 2.28. The van der Waals surface area contributed by atoms with Crippen LogP contribution in [0.3, 0.4) is 0 Å². The number of halogens is 1. The number of nitrogens with zero attached hydrogens (tertiary/aromatic N) is 4. The first-order valence-corrected chi connectivity index (χ1v) is 9.45. The predicted octanol–water partition coefficient (Wildman–Crippen LogP) is 3.61. The fourth-order valence-electron chi connectivity index (χ4n) is 2.89. The highest BCUT2D eigenvalue weighted by Gasteiger charge is 2.16. The van der Waals surface area contributed by atoms with Crippen LogP contribution in [0, 0.1) is 0 Å². The number of ether oxygens (including phenoxy) is 1. The summed E-state index contributed by atoms with van der Waals surface area (Å²) in [5.74, 6) is 0.824. The standard InChI is InChI=1S/C19H24BrN5O/c1-24(12-13-26-2)10-8-17(15-6-4-3-5-7-15)23-19-18-16(20)14-22-25(18)11-9-21-19/h3-7,9,11,14,17H,8,10,12-13H2,1-2H3,(H,21,23). The van der Waals surface area contributed by atoms with Gasteiger partial charge in [0.25, 0.3) is 0 Å². The average molecular weight is 418 g/mol. The van der Waals surface area contributed by atoms with Crippen molar-refractivity contribution >= 4 is 27.3 Å². The number of aromatic nitrogens is 3. The average Bonchev–Trinajstić information content (AvgIpc) is 3.06. The Balaban J connectivity index is 1.80. The van der Waals surface area contributed by atoms with E-state index in [1.54, 1.807) is 19.5 Å². The second-order valence-corrected chi connectivity index (χ2v) is 7.11. The van der Waals surface area contributed by atoms with E-state index in [1.807, 2.05) is 16.8 Å².